The zero-order valence-corrected chi connectivity index (χ0v) is 14.8. The lowest BCUT2D eigenvalue weighted by molar-refractivity contribution is 0.0849. The predicted octanol–water partition coefficient (Wildman–Crippen LogP) is 3.85. The van der Waals surface area contributed by atoms with Crippen LogP contribution >= 0.6 is 22.9 Å². The van der Waals surface area contributed by atoms with Crippen LogP contribution in [0.2, 0.25) is 5.02 Å². The van der Waals surface area contributed by atoms with Gasteiger partial charge in [-0.2, -0.15) is 0 Å². The summed E-state index contributed by atoms with van der Waals surface area (Å²) in [6, 6.07) is 15.9. The Labute approximate surface area is 153 Å². The van der Waals surface area contributed by atoms with Crippen LogP contribution in [-0.2, 0) is 0 Å². The predicted molar refractivity (Wildman–Crippen MR) is 98.7 cm³/mol. The summed E-state index contributed by atoms with van der Waals surface area (Å²) in [4.78, 5) is 29.4. The number of aryl methyl sites for hydroxylation is 1. The van der Waals surface area contributed by atoms with Crippen LogP contribution in [0, 0.1) is 6.92 Å². The van der Waals surface area contributed by atoms with Crippen molar-refractivity contribution in [3.05, 3.63) is 75.1 Å². The van der Waals surface area contributed by atoms with Crippen LogP contribution in [0.4, 0.5) is 0 Å². The quantitative estimate of drug-likeness (QED) is 0.687. The van der Waals surface area contributed by atoms with Crippen molar-refractivity contribution in [3.63, 3.8) is 0 Å². The molecule has 3 aromatic rings. The number of hydrogen-bond acceptors (Lipinski definition) is 4. The number of amides is 2. The third-order valence-corrected chi connectivity index (χ3v) is 4.57. The van der Waals surface area contributed by atoms with E-state index in [-0.39, 0.29) is 0 Å². The van der Waals surface area contributed by atoms with E-state index in [4.69, 9.17) is 11.6 Å². The van der Waals surface area contributed by atoms with E-state index in [9.17, 15) is 9.59 Å². The number of aromatic nitrogens is 1. The molecular weight excluding hydrogens is 358 g/mol. The molecule has 1 heterocycles. The largest absolute Gasteiger partial charge is 0.282 e. The summed E-state index contributed by atoms with van der Waals surface area (Å²) in [6.45, 7) is 1.83. The van der Waals surface area contributed by atoms with Crippen molar-refractivity contribution in [1.29, 1.82) is 0 Å². The normalized spacial score (nSPS) is 10.3. The average molecular weight is 372 g/mol. The van der Waals surface area contributed by atoms with Gasteiger partial charge in [-0.25, -0.2) is 4.98 Å². The molecule has 0 aliphatic heterocycles. The Morgan fingerprint density at radius 3 is 2.44 bits per heavy atom. The van der Waals surface area contributed by atoms with E-state index in [0.29, 0.717) is 21.2 Å². The van der Waals surface area contributed by atoms with E-state index in [1.165, 1.54) is 17.4 Å². The highest BCUT2D eigenvalue weighted by Gasteiger charge is 2.18. The van der Waals surface area contributed by atoms with Crippen LogP contribution in [0.25, 0.3) is 11.3 Å². The van der Waals surface area contributed by atoms with Gasteiger partial charge in [0.2, 0.25) is 0 Å². The van der Waals surface area contributed by atoms with Gasteiger partial charge in [0.25, 0.3) is 11.8 Å². The number of rotatable bonds is 3. The van der Waals surface area contributed by atoms with E-state index < -0.39 is 11.8 Å². The van der Waals surface area contributed by atoms with Crippen LogP contribution in [-0.4, -0.2) is 16.8 Å². The molecule has 0 radical (unpaired) electrons. The maximum atomic E-state index is 12.5. The van der Waals surface area contributed by atoms with E-state index in [0.717, 1.165) is 10.6 Å². The van der Waals surface area contributed by atoms with Gasteiger partial charge in [-0.3, -0.25) is 20.4 Å². The van der Waals surface area contributed by atoms with Crippen molar-refractivity contribution in [2.75, 3.05) is 0 Å². The zero-order valence-electron chi connectivity index (χ0n) is 13.2. The summed E-state index contributed by atoms with van der Waals surface area (Å²) in [5, 5.41) is 1.22. The van der Waals surface area contributed by atoms with Gasteiger partial charge < -0.3 is 0 Å². The number of hydrazine groups is 1. The molecular formula is C18H14ClN3O2S. The fraction of sp³-hybridized carbons (Fsp3) is 0.0556. The molecule has 0 atom stereocenters. The Hall–Kier alpha value is -2.70. The lowest BCUT2D eigenvalue weighted by Crippen LogP contribution is -2.41. The van der Waals surface area contributed by atoms with Crippen molar-refractivity contribution in [2.24, 2.45) is 0 Å². The molecule has 2 N–H and O–H groups in total. The van der Waals surface area contributed by atoms with Crippen molar-refractivity contribution in [2.45, 2.75) is 6.92 Å². The van der Waals surface area contributed by atoms with E-state index >= 15 is 0 Å². The fourth-order valence-corrected chi connectivity index (χ4v) is 3.27. The molecule has 0 aliphatic rings. The number of carbonyl (C=O) groups is 2. The summed E-state index contributed by atoms with van der Waals surface area (Å²) in [6.07, 6.45) is 0. The summed E-state index contributed by atoms with van der Waals surface area (Å²) in [7, 11) is 0. The van der Waals surface area contributed by atoms with Gasteiger partial charge in [0.15, 0.2) is 0 Å². The van der Waals surface area contributed by atoms with Gasteiger partial charge in [0.1, 0.15) is 4.88 Å². The van der Waals surface area contributed by atoms with Crippen LogP contribution < -0.4 is 10.9 Å². The number of hydrogen-bond donors (Lipinski definition) is 2. The van der Waals surface area contributed by atoms with Crippen molar-refractivity contribution in [3.8, 4) is 11.3 Å². The second kappa shape index (κ2) is 7.46. The Morgan fingerprint density at radius 1 is 1.00 bits per heavy atom. The third kappa shape index (κ3) is 4.04. The highest BCUT2D eigenvalue weighted by atomic mass is 35.5. The van der Waals surface area contributed by atoms with E-state index in [2.05, 4.69) is 15.8 Å². The summed E-state index contributed by atoms with van der Waals surface area (Å²) in [5.41, 5.74) is 6.62. The average Bonchev–Trinajstić information content (AvgIpc) is 3.02. The third-order valence-electron chi connectivity index (χ3n) is 3.36. The molecule has 0 saturated carbocycles. The zero-order chi connectivity index (χ0) is 17.8. The summed E-state index contributed by atoms with van der Waals surface area (Å²) in [5.74, 6) is -0.863. The first-order valence-electron chi connectivity index (χ1n) is 7.43. The molecule has 2 amide bonds. The maximum absolute atomic E-state index is 12.5. The SMILES string of the molecule is Cc1nc(-c2ccccc2)c(C(=O)NNC(=O)c2cccc(Cl)c2)s1. The van der Waals surface area contributed by atoms with E-state index in [1.54, 1.807) is 18.2 Å². The van der Waals surface area contributed by atoms with Crippen LogP contribution in [0.3, 0.4) is 0 Å². The van der Waals surface area contributed by atoms with Crippen molar-refractivity contribution in [1.82, 2.24) is 15.8 Å². The molecule has 0 bridgehead atoms. The standard InChI is InChI=1S/C18H14ClN3O2S/c1-11-20-15(12-6-3-2-4-7-12)16(25-11)18(24)22-21-17(23)13-8-5-9-14(19)10-13/h2-10H,1H3,(H,21,23)(H,22,24). The second-order valence-electron chi connectivity index (χ2n) is 5.20. The van der Waals surface area contributed by atoms with E-state index in [1.807, 2.05) is 37.3 Å². The minimum atomic E-state index is -0.446. The summed E-state index contributed by atoms with van der Waals surface area (Å²) >= 11 is 7.14. The Morgan fingerprint density at radius 2 is 1.72 bits per heavy atom. The van der Waals surface area contributed by atoms with Crippen LogP contribution in [0.1, 0.15) is 25.0 Å². The molecule has 3 rings (SSSR count). The molecule has 7 heteroatoms. The van der Waals surface area contributed by atoms with Gasteiger partial charge in [-0.05, 0) is 25.1 Å². The molecule has 25 heavy (non-hydrogen) atoms. The first-order chi connectivity index (χ1) is 12.0. The van der Waals surface area contributed by atoms with Gasteiger partial charge in [-0.1, -0.05) is 48.0 Å². The number of halogens is 1. The van der Waals surface area contributed by atoms with Gasteiger partial charge in [-0.15, -0.1) is 11.3 Å². The highest BCUT2D eigenvalue weighted by molar-refractivity contribution is 7.14. The number of nitrogens with zero attached hydrogens (tertiary/aromatic N) is 1. The molecule has 126 valence electrons. The number of benzene rings is 2. The van der Waals surface area contributed by atoms with Crippen molar-refractivity contribution < 1.29 is 9.59 Å². The van der Waals surface area contributed by atoms with Gasteiger partial charge >= 0.3 is 0 Å². The van der Waals surface area contributed by atoms with Crippen LogP contribution in [0.5, 0.6) is 0 Å². The number of thiazole rings is 1. The van der Waals surface area contributed by atoms with Crippen LogP contribution in [0.15, 0.2) is 54.6 Å². The molecule has 0 spiro atoms. The Balaban J connectivity index is 1.75. The highest BCUT2D eigenvalue weighted by Crippen LogP contribution is 2.27. The molecule has 2 aromatic carbocycles. The minimum Gasteiger partial charge on any atom is -0.267 e. The maximum Gasteiger partial charge on any atom is 0.282 e. The molecule has 5 nitrogen and oxygen atoms in total. The lowest BCUT2D eigenvalue weighted by Gasteiger charge is -2.07. The molecule has 0 saturated heterocycles. The van der Waals surface area contributed by atoms with Gasteiger partial charge in [0, 0.05) is 16.1 Å². The molecule has 0 fully saturated rings. The summed E-state index contributed by atoms with van der Waals surface area (Å²) < 4.78 is 0. The smallest absolute Gasteiger partial charge is 0.267 e. The fourth-order valence-electron chi connectivity index (χ4n) is 2.24. The Kier molecular flexibility index (Phi) is 5.11. The number of nitrogens with one attached hydrogen (secondary N) is 2. The topological polar surface area (TPSA) is 71.1 Å². The number of carbonyl (C=O) groups excluding carboxylic acids is 2. The monoisotopic (exact) mass is 371 g/mol. The molecule has 1 aromatic heterocycles. The first-order valence-corrected chi connectivity index (χ1v) is 8.63. The Bertz CT molecular complexity index is 925. The van der Waals surface area contributed by atoms with Gasteiger partial charge in [0.05, 0.1) is 10.7 Å². The molecule has 0 unspecified atom stereocenters. The molecule has 0 aliphatic carbocycles. The minimum absolute atomic E-state index is 0.358. The second-order valence-corrected chi connectivity index (χ2v) is 6.83. The first kappa shape index (κ1) is 17.1. The van der Waals surface area contributed by atoms with Crippen molar-refractivity contribution >= 4 is 34.8 Å². The lowest BCUT2D eigenvalue weighted by atomic mass is 10.1.